The number of aromatic nitrogens is 3. The number of hydrogen-bond donors (Lipinski definition) is 1. The van der Waals surface area contributed by atoms with Gasteiger partial charge in [0.05, 0.1) is 17.8 Å². The van der Waals surface area contributed by atoms with Crippen LogP contribution in [0.2, 0.25) is 0 Å². The minimum absolute atomic E-state index is 0.0356. The van der Waals surface area contributed by atoms with Crippen LogP contribution in [0.1, 0.15) is 33.1 Å². The zero-order valence-corrected chi connectivity index (χ0v) is 16.0. The topological polar surface area (TPSA) is 59.8 Å². The van der Waals surface area contributed by atoms with Crippen LogP contribution in [0, 0.1) is 34.6 Å². The molecule has 6 heteroatoms. The van der Waals surface area contributed by atoms with Crippen molar-refractivity contribution in [2.75, 3.05) is 5.32 Å². The molecular formula is C19H22N4OS. The fourth-order valence-corrected chi connectivity index (χ4v) is 3.65. The molecule has 2 heterocycles. The predicted molar refractivity (Wildman–Crippen MR) is 102 cm³/mol. The van der Waals surface area contributed by atoms with Crippen molar-refractivity contribution in [2.24, 2.45) is 0 Å². The summed E-state index contributed by atoms with van der Waals surface area (Å²) in [6, 6.07) is 7.78. The summed E-state index contributed by atoms with van der Waals surface area (Å²) in [4.78, 5) is 18.2. The molecule has 1 amide bonds. The summed E-state index contributed by atoms with van der Waals surface area (Å²) < 4.78 is 1.84. The lowest BCUT2D eigenvalue weighted by Gasteiger charge is -2.08. The smallest absolute Gasteiger partial charge is 0.228 e. The zero-order valence-electron chi connectivity index (χ0n) is 15.2. The van der Waals surface area contributed by atoms with E-state index in [0.29, 0.717) is 6.42 Å². The molecular weight excluding hydrogens is 332 g/mol. The highest BCUT2D eigenvalue weighted by atomic mass is 32.1. The van der Waals surface area contributed by atoms with Crippen molar-refractivity contribution < 1.29 is 4.79 Å². The molecule has 0 radical (unpaired) electrons. The largest absolute Gasteiger partial charge is 0.326 e. The van der Waals surface area contributed by atoms with Crippen molar-refractivity contribution in [3.63, 3.8) is 0 Å². The number of thiazole rings is 1. The molecule has 1 N–H and O–H groups in total. The van der Waals surface area contributed by atoms with E-state index < -0.39 is 0 Å². The number of aryl methyl sites for hydroxylation is 4. The summed E-state index contributed by atoms with van der Waals surface area (Å²) in [5, 5.41) is 8.43. The van der Waals surface area contributed by atoms with Crippen molar-refractivity contribution in [1.82, 2.24) is 14.8 Å². The van der Waals surface area contributed by atoms with Gasteiger partial charge in [-0.15, -0.1) is 0 Å². The van der Waals surface area contributed by atoms with Crippen LogP contribution >= 0.6 is 11.3 Å². The van der Waals surface area contributed by atoms with Crippen LogP contribution in [-0.4, -0.2) is 20.7 Å². The summed E-state index contributed by atoms with van der Waals surface area (Å²) in [6.45, 7) is 9.96. The van der Waals surface area contributed by atoms with Crippen LogP contribution in [-0.2, 0) is 11.2 Å². The molecule has 5 nitrogen and oxygen atoms in total. The first-order valence-corrected chi connectivity index (χ1v) is 9.03. The molecule has 2 aromatic heterocycles. The van der Waals surface area contributed by atoms with Gasteiger partial charge >= 0.3 is 0 Å². The van der Waals surface area contributed by atoms with E-state index in [0.717, 1.165) is 39.0 Å². The standard InChI is InChI=1S/C19H22N4OS/c1-11-8-6-7-9-17(11)21-18(24)10-16-13(3)22-23(14(16)4)19-20-12(2)15(5)25-19/h6-9H,10H2,1-5H3,(H,21,24). The lowest BCUT2D eigenvalue weighted by molar-refractivity contribution is -0.115. The molecule has 3 rings (SSSR count). The molecule has 0 atom stereocenters. The maximum atomic E-state index is 12.5. The summed E-state index contributed by atoms with van der Waals surface area (Å²) >= 11 is 1.62. The van der Waals surface area contributed by atoms with Gasteiger partial charge in [0.1, 0.15) is 0 Å². The highest BCUT2D eigenvalue weighted by Gasteiger charge is 2.18. The molecule has 0 spiro atoms. The first kappa shape index (κ1) is 17.4. The number of rotatable bonds is 4. The van der Waals surface area contributed by atoms with Crippen molar-refractivity contribution in [2.45, 2.75) is 41.0 Å². The fraction of sp³-hybridized carbons (Fsp3) is 0.316. The first-order valence-electron chi connectivity index (χ1n) is 8.21. The highest BCUT2D eigenvalue weighted by Crippen LogP contribution is 2.24. The Bertz CT molecular complexity index is 920. The van der Waals surface area contributed by atoms with Crippen molar-refractivity contribution >= 4 is 22.9 Å². The van der Waals surface area contributed by atoms with Crippen LogP contribution in [0.5, 0.6) is 0 Å². The third kappa shape index (κ3) is 3.49. The normalized spacial score (nSPS) is 10.9. The molecule has 0 bridgehead atoms. The van der Waals surface area contributed by atoms with E-state index in [1.807, 2.05) is 56.6 Å². The second-order valence-corrected chi connectivity index (χ2v) is 7.42. The zero-order chi connectivity index (χ0) is 18.1. The third-order valence-electron chi connectivity index (χ3n) is 4.40. The van der Waals surface area contributed by atoms with Crippen LogP contribution < -0.4 is 5.32 Å². The van der Waals surface area contributed by atoms with Gasteiger partial charge in [-0.05, 0) is 46.2 Å². The van der Waals surface area contributed by atoms with Gasteiger partial charge in [0.25, 0.3) is 0 Å². The van der Waals surface area contributed by atoms with Gasteiger partial charge in [-0.2, -0.15) is 5.10 Å². The molecule has 1 aromatic carbocycles. The average Bonchev–Trinajstić information content (AvgIpc) is 3.03. The Morgan fingerprint density at radius 1 is 1.12 bits per heavy atom. The Morgan fingerprint density at radius 3 is 2.48 bits per heavy atom. The van der Waals surface area contributed by atoms with E-state index in [4.69, 9.17) is 0 Å². The maximum Gasteiger partial charge on any atom is 0.228 e. The number of benzene rings is 1. The highest BCUT2D eigenvalue weighted by molar-refractivity contribution is 7.14. The maximum absolute atomic E-state index is 12.5. The SMILES string of the molecule is Cc1ccccc1NC(=O)Cc1c(C)nn(-c2nc(C)c(C)s2)c1C. The van der Waals surface area contributed by atoms with E-state index in [1.54, 1.807) is 11.3 Å². The van der Waals surface area contributed by atoms with Crippen LogP contribution in [0.15, 0.2) is 24.3 Å². The minimum atomic E-state index is -0.0356. The van der Waals surface area contributed by atoms with Crippen LogP contribution in [0.4, 0.5) is 5.69 Å². The molecule has 0 aliphatic carbocycles. The van der Waals surface area contributed by atoms with E-state index >= 15 is 0 Å². The van der Waals surface area contributed by atoms with E-state index in [1.165, 1.54) is 4.88 Å². The number of amides is 1. The predicted octanol–water partition coefficient (Wildman–Crippen LogP) is 4.05. The number of para-hydroxylation sites is 1. The Kier molecular flexibility index (Phi) is 4.72. The molecule has 3 aromatic rings. The lowest BCUT2D eigenvalue weighted by Crippen LogP contribution is -2.16. The number of hydrogen-bond acceptors (Lipinski definition) is 4. The number of nitrogens with zero attached hydrogens (tertiary/aromatic N) is 3. The molecule has 0 saturated carbocycles. The molecule has 0 aliphatic rings. The second-order valence-electron chi connectivity index (χ2n) is 6.24. The number of carbonyl (C=O) groups excluding carboxylic acids is 1. The first-order chi connectivity index (χ1) is 11.9. The van der Waals surface area contributed by atoms with E-state index in [9.17, 15) is 4.79 Å². The second kappa shape index (κ2) is 6.80. The quantitative estimate of drug-likeness (QED) is 0.769. The van der Waals surface area contributed by atoms with E-state index in [-0.39, 0.29) is 5.91 Å². The molecule has 0 unspecified atom stereocenters. The minimum Gasteiger partial charge on any atom is -0.326 e. The number of nitrogens with one attached hydrogen (secondary N) is 1. The Balaban J connectivity index is 1.83. The summed E-state index contributed by atoms with van der Waals surface area (Å²) in [5.74, 6) is -0.0356. The third-order valence-corrected chi connectivity index (χ3v) is 5.44. The Morgan fingerprint density at radius 2 is 1.84 bits per heavy atom. The fourth-order valence-electron chi connectivity index (χ4n) is 2.73. The Labute approximate surface area is 151 Å². The molecule has 0 aliphatic heterocycles. The Hall–Kier alpha value is -2.47. The summed E-state index contributed by atoms with van der Waals surface area (Å²) in [7, 11) is 0. The van der Waals surface area contributed by atoms with Crippen LogP contribution in [0.25, 0.3) is 5.13 Å². The van der Waals surface area contributed by atoms with Gasteiger partial charge in [0, 0.05) is 21.8 Å². The van der Waals surface area contributed by atoms with Gasteiger partial charge in [0.2, 0.25) is 11.0 Å². The molecule has 0 saturated heterocycles. The van der Waals surface area contributed by atoms with Gasteiger partial charge in [-0.3, -0.25) is 4.79 Å². The number of carbonyl (C=O) groups is 1. The number of anilines is 1. The van der Waals surface area contributed by atoms with Crippen molar-refractivity contribution in [1.29, 1.82) is 0 Å². The van der Waals surface area contributed by atoms with Gasteiger partial charge in [-0.1, -0.05) is 29.5 Å². The monoisotopic (exact) mass is 354 g/mol. The molecule has 25 heavy (non-hydrogen) atoms. The van der Waals surface area contributed by atoms with Gasteiger partial charge < -0.3 is 5.32 Å². The van der Waals surface area contributed by atoms with Crippen molar-refractivity contribution in [3.05, 3.63) is 57.4 Å². The lowest BCUT2D eigenvalue weighted by atomic mass is 10.1. The van der Waals surface area contributed by atoms with Gasteiger partial charge in [-0.25, -0.2) is 9.67 Å². The summed E-state index contributed by atoms with van der Waals surface area (Å²) in [6.07, 6.45) is 0.301. The van der Waals surface area contributed by atoms with Crippen LogP contribution in [0.3, 0.4) is 0 Å². The van der Waals surface area contributed by atoms with Gasteiger partial charge in [0.15, 0.2) is 0 Å². The molecule has 0 fully saturated rings. The average molecular weight is 354 g/mol. The summed E-state index contributed by atoms with van der Waals surface area (Å²) in [5.41, 5.74) is 5.70. The molecule has 130 valence electrons. The van der Waals surface area contributed by atoms with Crippen molar-refractivity contribution in [3.8, 4) is 5.13 Å². The van der Waals surface area contributed by atoms with E-state index in [2.05, 4.69) is 22.3 Å².